The summed E-state index contributed by atoms with van der Waals surface area (Å²) in [6, 6.07) is 19.5. The lowest BCUT2D eigenvalue weighted by atomic mass is 10.1. The number of thioether (sulfide) groups is 1. The molecule has 1 N–H and O–H groups in total. The molecule has 0 atom stereocenters. The minimum Gasteiger partial charge on any atom is -0.493 e. The number of nitrogens with one attached hydrogen (secondary N) is 1. The Morgan fingerprint density at radius 1 is 1.03 bits per heavy atom. The molecule has 3 aromatic carbocycles. The summed E-state index contributed by atoms with van der Waals surface area (Å²) in [5, 5.41) is 3.02. The summed E-state index contributed by atoms with van der Waals surface area (Å²) in [7, 11) is 1.48. The molecule has 1 aliphatic rings. The number of methoxy groups -OCH3 is 1. The molecular weight excluding hydrogens is 500 g/mol. The number of carbonyl (C=O) groups excluding carboxylic acids is 3. The maximum Gasteiger partial charge on any atom is 0.293 e. The molecule has 1 aliphatic heterocycles. The van der Waals surface area contributed by atoms with Gasteiger partial charge in [0.25, 0.3) is 17.1 Å². The van der Waals surface area contributed by atoms with Gasteiger partial charge in [0, 0.05) is 10.7 Å². The van der Waals surface area contributed by atoms with Gasteiger partial charge >= 0.3 is 0 Å². The molecule has 36 heavy (non-hydrogen) atoms. The highest BCUT2D eigenvalue weighted by Gasteiger charge is 2.35. The van der Waals surface area contributed by atoms with Crippen LogP contribution in [-0.4, -0.2) is 35.7 Å². The Bertz CT molecular complexity index is 1320. The van der Waals surface area contributed by atoms with Crippen LogP contribution in [0.5, 0.6) is 11.5 Å². The van der Waals surface area contributed by atoms with E-state index in [2.05, 4.69) is 5.32 Å². The van der Waals surface area contributed by atoms with E-state index in [0.29, 0.717) is 32.7 Å². The highest BCUT2D eigenvalue weighted by molar-refractivity contribution is 8.18. The number of hydrogen-bond acceptors (Lipinski definition) is 6. The van der Waals surface area contributed by atoms with Gasteiger partial charge in [0.15, 0.2) is 18.1 Å². The van der Waals surface area contributed by atoms with Crippen LogP contribution >= 0.6 is 23.4 Å². The van der Waals surface area contributed by atoms with Gasteiger partial charge in [0.1, 0.15) is 0 Å². The second kappa shape index (κ2) is 11.3. The van der Waals surface area contributed by atoms with Crippen LogP contribution in [0.1, 0.15) is 16.7 Å². The van der Waals surface area contributed by atoms with Gasteiger partial charge in [-0.15, -0.1) is 0 Å². The molecule has 0 spiro atoms. The number of amides is 3. The zero-order valence-electron chi connectivity index (χ0n) is 19.6. The number of benzene rings is 3. The molecule has 3 amide bonds. The van der Waals surface area contributed by atoms with Crippen molar-refractivity contribution in [2.75, 3.05) is 19.0 Å². The molecule has 9 heteroatoms. The van der Waals surface area contributed by atoms with Crippen LogP contribution < -0.4 is 14.8 Å². The number of nitrogens with zero attached hydrogens (tertiary/aromatic N) is 1. The van der Waals surface area contributed by atoms with Crippen LogP contribution in [0, 0.1) is 6.92 Å². The van der Waals surface area contributed by atoms with Gasteiger partial charge in [-0.25, -0.2) is 0 Å². The summed E-state index contributed by atoms with van der Waals surface area (Å²) in [5.41, 5.74) is 3.24. The van der Waals surface area contributed by atoms with Crippen molar-refractivity contribution in [3.8, 4) is 11.5 Å². The first-order chi connectivity index (χ1) is 17.3. The Hall–Kier alpha value is -3.75. The third kappa shape index (κ3) is 6.27. The summed E-state index contributed by atoms with van der Waals surface area (Å²) in [6.45, 7) is 1.93. The number of rotatable bonds is 8. The van der Waals surface area contributed by atoms with Gasteiger partial charge in [0.2, 0.25) is 0 Å². The van der Waals surface area contributed by atoms with Gasteiger partial charge in [-0.1, -0.05) is 47.5 Å². The van der Waals surface area contributed by atoms with E-state index < -0.39 is 0 Å². The number of carbonyl (C=O) groups is 3. The van der Waals surface area contributed by atoms with Crippen LogP contribution in [0.25, 0.3) is 6.08 Å². The first-order valence-electron chi connectivity index (χ1n) is 11.0. The Kier molecular flexibility index (Phi) is 7.97. The fourth-order valence-corrected chi connectivity index (χ4v) is 4.39. The topological polar surface area (TPSA) is 84.9 Å². The first kappa shape index (κ1) is 25.3. The average molecular weight is 523 g/mol. The minimum atomic E-state index is -0.368. The maximum atomic E-state index is 12.8. The van der Waals surface area contributed by atoms with Crippen molar-refractivity contribution >= 4 is 52.2 Å². The van der Waals surface area contributed by atoms with Crippen LogP contribution in [0.15, 0.2) is 71.6 Å². The Balaban J connectivity index is 1.41. The van der Waals surface area contributed by atoms with Crippen LogP contribution in [0.4, 0.5) is 10.5 Å². The van der Waals surface area contributed by atoms with E-state index in [0.717, 1.165) is 22.9 Å². The van der Waals surface area contributed by atoms with Gasteiger partial charge in [0.05, 0.1) is 18.6 Å². The minimum absolute atomic E-state index is 0.167. The van der Waals surface area contributed by atoms with E-state index >= 15 is 0 Å². The molecule has 0 aromatic heterocycles. The van der Waals surface area contributed by atoms with Gasteiger partial charge in [-0.05, 0) is 72.3 Å². The highest BCUT2D eigenvalue weighted by Crippen LogP contribution is 2.35. The standard InChI is InChI=1S/C27H23ClN2O5S/c1-17-3-10-21(11-4-17)29-25(31)16-35-22-12-7-19(13-23(22)34-2)14-24-26(32)30(27(33)36-24)15-18-5-8-20(28)9-6-18/h3-14H,15-16H2,1-2H3,(H,29,31)/b24-14-. The monoisotopic (exact) mass is 522 g/mol. The quantitative estimate of drug-likeness (QED) is 0.370. The molecule has 1 saturated heterocycles. The second-order valence-electron chi connectivity index (χ2n) is 8.01. The Morgan fingerprint density at radius 2 is 1.75 bits per heavy atom. The number of anilines is 1. The molecule has 0 bridgehead atoms. The van der Waals surface area contributed by atoms with E-state index in [9.17, 15) is 14.4 Å². The number of aryl methyl sites for hydroxylation is 1. The zero-order chi connectivity index (χ0) is 25.7. The molecule has 7 nitrogen and oxygen atoms in total. The fourth-order valence-electron chi connectivity index (χ4n) is 3.43. The lowest BCUT2D eigenvalue weighted by molar-refractivity contribution is -0.123. The first-order valence-corrected chi connectivity index (χ1v) is 12.2. The molecule has 0 saturated carbocycles. The number of hydrogen-bond donors (Lipinski definition) is 1. The van der Waals surface area contributed by atoms with E-state index in [4.69, 9.17) is 21.1 Å². The van der Waals surface area contributed by atoms with Gasteiger partial charge < -0.3 is 14.8 Å². The van der Waals surface area contributed by atoms with Crippen molar-refractivity contribution in [2.45, 2.75) is 13.5 Å². The maximum absolute atomic E-state index is 12.8. The van der Waals surface area contributed by atoms with Crippen molar-refractivity contribution in [1.82, 2.24) is 4.90 Å². The van der Waals surface area contributed by atoms with Crippen molar-refractivity contribution in [2.24, 2.45) is 0 Å². The van der Waals surface area contributed by atoms with E-state index in [1.165, 1.54) is 12.0 Å². The lowest BCUT2D eigenvalue weighted by Gasteiger charge is -2.12. The Labute approximate surface area is 218 Å². The molecule has 1 fully saturated rings. The zero-order valence-corrected chi connectivity index (χ0v) is 21.2. The predicted molar refractivity (Wildman–Crippen MR) is 141 cm³/mol. The average Bonchev–Trinajstić information content (AvgIpc) is 3.13. The normalized spacial score (nSPS) is 14.3. The smallest absolute Gasteiger partial charge is 0.293 e. The largest absolute Gasteiger partial charge is 0.493 e. The van der Waals surface area contributed by atoms with Crippen molar-refractivity contribution in [1.29, 1.82) is 0 Å². The summed E-state index contributed by atoms with van der Waals surface area (Å²) in [6.07, 6.45) is 1.63. The summed E-state index contributed by atoms with van der Waals surface area (Å²) >= 11 is 6.79. The van der Waals surface area contributed by atoms with E-state index in [1.807, 2.05) is 31.2 Å². The molecular formula is C27H23ClN2O5S. The van der Waals surface area contributed by atoms with E-state index in [1.54, 1.807) is 48.5 Å². The van der Waals surface area contributed by atoms with Crippen LogP contribution in [-0.2, 0) is 16.1 Å². The van der Waals surface area contributed by atoms with E-state index in [-0.39, 0.29) is 30.2 Å². The number of imide groups is 1. The second-order valence-corrected chi connectivity index (χ2v) is 9.44. The van der Waals surface area contributed by atoms with Gasteiger partial charge in [-0.3, -0.25) is 19.3 Å². The summed E-state index contributed by atoms with van der Waals surface area (Å²) < 4.78 is 11.0. The highest BCUT2D eigenvalue weighted by atomic mass is 35.5. The van der Waals surface area contributed by atoms with Crippen molar-refractivity contribution in [3.05, 3.63) is 93.3 Å². The molecule has 4 rings (SSSR count). The lowest BCUT2D eigenvalue weighted by Crippen LogP contribution is -2.27. The van der Waals surface area contributed by atoms with Crippen molar-refractivity contribution < 1.29 is 23.9 Å². The summed E-state index contributed by atoms with van der Waals surface area (Å²) in [5.74, 6) is 0.100. The number of halogens is 1. The number of ether oxygens (including phenoxy) is 2. The van der Waals surface area contributed by atoms with Gasteiger partial charge in [-0.2, -0.15) is 0 Å². The summed E-state index contributed by atoms with van der Waals surface area (Å²) in [4.78, 5) is 39.0. The van der Waals surface area contributed by atoms with Crippen molar-refractivity contribution in [3.63, 3.8) is 0 Å². The SMILES string of the molecule is COc1cc(/C=C2\SC(=O)N(Cc3ccc(Cl)cc3)C2=O)ccc1OCC(=O)Nc1ccc(C)cc1. The molecule has 3 aromatic rings. The molecule has 1 heterocycles. The Morgan fingerprint density at radius 3 is 2.44 bits per heavy atom. The molecule has 0 unspecified atom stereocenters. The third-order valence-electron chi connectivity index (χ3n) is 5.31. The van der Waals surface area contributed by atoms with Crippen LogP contribution in [0.3, 0.4) is 0 Å². The fraction of sp³-hybridized carbons (Fsp3) is 0.148. The third-order valence-corrected chi connectivity index (χ3v) is 6.47. The van der Waals surface area contributed by atoms with Crippen LogP contribution in [0.2, 0.25) is 5.02 Å². The molecule has 0 radical (unpaired) electrons. The molecule has 0 aliphatic carbocycles. The predicted octanol–water partition coefficient (Wildman–Crippen LogP) is 5.91. The molecule has 184 valence electrons.